The lowest BCUT2D eigenvalue weighted by Crippen LogP contribution is -2.46. The van der Waals surface area contributed by atoms with Crippen molar-refractivity contribution in [2.24, 2.45) is 16.8 Å². The standard InChI is InChI=1S/C25H41N5O/c1-20-14-21(2)17-28(16-20)18-23-7-5-4-6-22(23)15-27-25(26-3)30-9-8-24(19-30)29-10-12-31-13-11-29/h4-7,20-21,24H,8-19H2,1-3H3,(H,26,27). The molecule has 3 atom stereocenters. The molecule has 0 aromatic heterocycles. The third kappa shape index (κ3) is 5.99. The van der Waals surface area contributed by atoms with E-state index < -0.39 is 0 Å². The molecule has 3 aliphatic heterocycles. The highest BCUT2D eigenvalue weighted by Gasteiger charge is 2.30. The van der Waals surface area contributed by atoms with Crippen LogP contribution in [0.5, 0.6) is 0 Å². The summed E-state index contributed by atoms with van der Waals surface area (Å²) in [5.74, 6) is 2.62. The van der Waals surface area contributed by atoms with Crippen LogP contribution < -0.4 is 5.32 Å². The zero-order valence-electron chi connectivity index (χ0n) is 19.7. The van der Waals surface area contributed by atoms with E-state index in [1.165, 1.54) is 37.1 Å². The minimum atomic E-state index is 0.623. The van der Waals surface area contributed by atoms with Crippen molar-refractivity contribution in [2.75, 3.05) is 59.5 Å². The van der Waals surface area contributed by atoms with Crippen LogP contribution in [0.1, 0.15) is 37.8 Å². The van der Waals surface area contributed by atoms with Crippen LogP contribution in [0, 0.1) is 11.8 Å². The molecule has 0 aliphatic carbocycles. The molecule has 3 fully saturated rings. The molecule has 31 heavy (non-hydrogen) atoms. The molecule has 0 bridgehead atoms. The number of nitrogens with one attached hydrogen (secondary N) is 1. The largest absolute Gasteiger partial charge is 0.379 e. The van der Waals surface area contributed by atoms with Crippen LogP contribution in [0.2, 0.25) is 0 Å². The Kier molecular flexibility index (Phi) is 7.86. The molecule has 3 unspecified atom stereocenters. The number of aliphatic imine (C=N–C) groups is 1. The van der Waals surface area contributed by atoms with Gasteiger partial charge in [0, 0.05) is 65.4 Å². The van der Waals surface area contributed by atoms with Crippen molar-refractivity contribution in [3.8, 4) is 0 Å². The summed E-state index contributed by atoms with van der Waals surface area (Å²) in [6, 6.07) is 9.53. The van der Waals surface area contributed by atoms with Gasteiger partial charge >= 0.3 is 0 Å². The van der Waals surface area contributed by atoms with Gasteiger partial charge < -0.3 is 15.0 Å². The van der Waals surface area contributed by atoms with E-state index in [4.69, 9.17) is 4.74 Å². The number of ether oxygens (including phenoxy) is 1. The van der Waals surface area contributed by atoms with Crippen molar-refractivity contribution in [3.63, 3.8) is 0 Å². The minimum Gasteiger partial charge on any atom is -0.379 e. The number of rotatable bonds is 5. The highest BCUT2D eigenvalue weighted by molar-refractivity contribution is 5.80. The zero-order valence-corrected chi connectivity index (χ0v) is 19.7. The first-order chi connectivity index (χ1) is 15.1. The van der Waals surface area contributed by atoms with Gasteiger partial charge in [0.05, 0.1) is 13.2 Å². The van der Waals surface area contributed by atoms with Gasteiger partial charge in [-0.2, -0.15) is 0 Å². The Balaban J connectivity index is 1.33. The number of likely N-dealkylation sites (tertiary alicyclic amines) is 2. The Hall–Kier alpha value is -1.63. The minimum absolute atomic E-state index is 0.623. The Morgan fingerprint density at radius 1 is 1.03 bits per heavy atom. The molecule has 0 amide bonds. The van der Waals surface area contributed by atoms with E-state index in [1.807, 2.05) is 7.05 Å². The molecule has 6 nitrogen and oxygen atoms in total. The van der Waals surface area contributed by atoms with Gasteiger partial charge in [0.1, 0.15) is 0 Å². The van der Waals surface area contributed by atoms with Crippen LogP contribution in [-0.2, 0) is 17.8 Å². The average Bonchev–Trinajstić information content (AvgIpc) is 3.25. The maximum absolute atomic E-state index is 5.52. The number of nitrogens with zero attached hydrogens (tertiary/aromatic N) is 4. The van der Waals surface area contributed by atoms with E-state index >= 15 is 0 Å². The third-order valence-corrected chi connectivity index (χ3v) is 7.13. The number of morpholine rings is 1. The predicted octanol–water partition coefficient (Wildman–Crippen LogP) is 2.65. The normalized spacial score (nSPS) is 28.8. The monoisotopic (exact) mass is 427 g/mol. The van der Waals surface area contributed by atoms with E-state index in [9.17, 15) is 0 Å². The summed E-state index contributed by atoms with van der Waals surface area (Å²) < 4.78 is 5.52. The topological polar surface area (TPSA) is 43.3 Å². The van der Waals surface area contributed by atoms with Crippen LogP contribution in [0.4, 0.5) is 0 Å². The molecule has 3 heterocycles. The first-order valence-corrected chi connectivity index (χ1v) is 12.2. The number of benzene rings is 1. The Morgan fingerprint density at radius 3 is 2.45 bits per heavy atom. The van der Waals surface area contributed by atoms with E-state index in [-0.39, 0.29) is 0 Å². The van der Waals surface area contributed by atoms with Gasteiger partial charge in [-0.3, -0.25) is 14.8 Å². The summed E-state index contributed by atoms with van der Waals surface area (Å²) in [6.45, 7) is 15.1. The summed E-state index contributed by atoms with van der Waals surface area (Å²) >= 11 is 0. The van der Waals surface area contributed by atoms with E-state index in [2.05, 4.69) is 63.1 Å². The smallest absolute Gasteiger partial charge is 0.193 e. The summed E-state index contributed by atoms with van der Waals surface area (Å²) in [4.78, 5) is 12.3. The molecule has 1 N–H and O–H groups in total. The number of guanidine groups is 1. The van der Waals surface area contributed by atoms with Gasteiger partial charge in [0.2, 0.25) is 0 Å². The van der Waals surface area contributed by atoms with E-state index in [1.54, 1.807) is 0 Å². The molecule has 4 rings (SSSR count). The van der Waals surface area contributed by atoms with Gasteiger partial charge in [0.15, 0.2) is 5.96 Å². The van der Waals surface area contributed by atoms with Crippen LogP contribution in [0.25, 0.3) is 0 Å². The van der Waals surface area contributed by atoms with Crippen molar-refractivity contribution >= 4 is 5.96 Å². The van der Waals surface area contributed by atoms with Gasteiger partial charge in [-0.15, -0.1) is 0 Å². The zero-order chi connectivity index (χ0) is 21.6. The van der Waals surface area contributed by atoms with Crippen molar-refractivity contribution in [1.29, 1.82) is 0 Å². The molecule has 6 heteroatoms. The van der Waals surface area contributed by atoms with Gasteiger partial charge in [-0.1, -0.05) is 38.1 Å². The van der Waals surface area contributed by atoms with Crippen molar-refractivity contribution in [1.82, 2.24) is 20.0 Å². The summed E-state index contributed by atoms with van der Waals surface area (Å²) in [5.41, 5.74) is 2.83. The number of hydrogen-bond donors (Lipinski definition) is 1. The molecule has 1 aromatic rings. The van der Waals surface area contributed by atoms with E-state index in [0.717, 1.165) is 70.3 Å². The second-order valence-electron chi connectivity index (χ2n) is 9.85. The Morgan fingerprint density at radius 2 is 1.74 bits per heavy atom. The lowest BCUT2D eigenvalue weighted by Gasteiger charge is -2.35. The summed E-state index contributed by atoms with van der Waals surface area (Å²) in [5, 5.41) is 3.66. The van der Waals surface area contributed by atoms with Gasteiger partial charge in [-0.05, 0) is 35.8 Å². The molecule has 0 saturated carbocycles. The van der Waals surface area contributed by atoms with Crippen molar-refractivity contribution in [2.45, 2.75) is 45.8 Å². The molecule has 1 aromatic carbocycles. The molecule has 0 spiro atoms. The highest BCUT2D eigenvalue weighted by Crippen LogP contribution is 2.23. The van der Waals surface area contributed by atoms with Crippen LogP contribution >= 0.6 is 0 Å². The maximum Gasteiger partial charge on any atom is 0.193 e. The molecular formula is C25H41N5O. The number of hydrogen-bond acceptors (Lipinski definition) is 4. The molecular weight excluding hydrogens is 386 g/mol. The third-order valence-electron chi connectivity index (χ3n) is 7.13. The maximum atomic E-state index is 5.52. The second kappa shape index (κ2) is 10.8. The fourth-order valence-electron chi connectivity index (χ4n) is 5.73. The predicted molar refractivity (Wildman–Crippen MR) is 127 cm³/mol. The van der Waals surface area contributed by atoms with Crippen molar-refractivity contribution < 1.29 is 4.74 Å². The molecule has 3 saturated heterocycles. The van der Waals surface area contributed by atoms with Crippen LogP contribution in [-0.4, -0.2) is 86.2 Å². The molecule has 0 radical (unpaired) electrons. The van der Waals surface area contributed by atoms with Crippen LogP contribution in [0.3, 0.4) is 0 Å². The number of piperidine rings is 1. The quantitative estimate of drug-likeness (QED) is 0.578. The first kappa shape index (κ1) is 22.6. The lowest BCUT2D eigenvalue weighted by atomic mass is 9.91. The summed E-state index contributed by atoms with van der Waals surface area (Å²) in [6.07, 6.45) is 2.57. The highest BCUT2D eigenvalue weighted by atomic mass is 16.5. The second-order valence-corrected chi connectivity index (χ2v) is 9.85. The lowest BCUT2D eigenvalue weighted by molar-refractivity contribution is 0.0195. The summed E-state index contributed by atoms with van der Waals surface area (Å²) in [7, 11) is 1.91. The van der Waals surface area contributed by atoms with Gasteiger partial charge in [0.25, 0.3) is 0 Å². The fourth-order valence-corrected chi connectivity index (χ4v) is 5.73. The average molecular weight is 428 g/mol. The Bertz CT molecular complexity index is 722. The van der Waals surface area contributed by atoms with Gasteiger partial charge in [-0.25, -0.2) is 0 Å². The van der Waals surface area contributed by atoms with E-state index in [0.29, 0.717) is 6.04 Å². The first-order valence-electron chi connectivity index (χ1n) is 12.2. The molecule has 3 aliphatic rings. The van der Waals surface area contributed by atoms with Crippen molar-refractivity contribution in [3.05, 3.63) is 35.4 Å². The fraction of sp³-hybridized carbons (Fsp3) is 0.720. The SMILES string of the molecule is CN=C(NCc1ccccc1CN1CC(C)CC(C)C1)N1CCC(N2CCOCC2)C1. The molecule has 172 valence electrons. The Labute approximate surface area is 188 Å². The van der Waals surface area contributed by atoms with Crippen LogP contribution in [0.15, 0.2) is 29.3 Å².